The van der Waals surface area contributed by atoms with Gasteiger partial charge in [0.15, 0.2) is 0 Å². The van der Waals surface area contributed by atoms with Gasteiger partial charge in [-0.2, -0.15) is 0 Å². The predicted molar refractivity (Wildman–Crippen MR) is 80.6 cm³/mol. The van der Waals surface area contributed by atoms with Crippen LogP contribution in [0, 0.1) is 31.5 Å². The summed E-state index contributed by atoms with van der Waals surface area (Å²) < 4.78 is 19.0. The molecular formula is C18H17FO2. The number of benzene rings is 2. The quantitative estimate of drug-likeness (QED) is 0.876. The Bertz CT molecular complexity index is 696. The van der Waals surface area contributed by atoms with Crippen LogP contribution in [-0.4, -0.2) is 11.7 Å². The molecule has 0 aliphatic rings. The second kappa shape index (κ2) is 6.92. The highest BCUT2D eigenvalue weighted by Crippen LogP contribution is 2.21. The number of halogens is 1. The van der Waals surface area contributed by atoms with E-state index in [1.54, 1.807) is 6.07 Å². The number of ether oxygens (including phenoxy) is 1. The molecule has 0 fully saturated rings. The molecule has 1 N–H and O–H groups in total. The first-order valence-corrected chi connectivity index (χ1v) is 6.68. The summed E-state index contributed by atoms with van der Waals surface area (Å²) in [6.07, 6.45) is 0. The molecule has 0 saturated heterocycles. The van der Waals surface area contributed by atoms with Crippen LogP contribution in [0.3, 0.4) is 0 Å². The van der Waals surface area contributed by atoms with Crippen LogP contribution in [0.1, 0.15) is 22.3 Å². The van der Waals surface area contributed by atoms with Crippen molar-refractivity contribution in [1.29, 1.82) is 0 Å². The van der Waals surface area contributed by atoms with Gasteiger partial charge in [-0.1, -0.05) is 30.0 Å². The first kappa shape index (κ1) is 15.1. The minimum absolute atomic E-state index is 0.242. The Labute approximate surface area is 124 Å². The first-order chi connectivity index (χ1) is 10.1. The lowest BCUT2D eigenvalue weighted by Crippen LogP contribution is -1.99. The SMILES string of the molecule is Cc1ccc(COc2cc(F)ccc2C#CCO)cc1C. The molecule has 2 aromatic rings. The van der Waals surface area contributed by atoms with Crippen LogP contribution in [0.5, 0.6) is 5.75 Å². The van der Waals surface area contributed by atoms with E-state index in [0.717, 1.165) is 5.56 Å². The summed E-state index contributed by atoms with van der Waals surface area (Å²) in [5, 5.41) is 8.75. The molecule has 0 aliphatic carbocycles. The molecule has 2 aromatic carbocycles. The van der Waals surface area contributed by atoms with Crippen molar-refractivity contribution in [2.75, 3.05) is 6.61 Å². The van der Waals surface area contributed by atoms with Crippen molar-refractivity contribution in [3.63, 3.8) is 0 Å². The number of aliphatic hydroxyl groups excluding tert-OH is 1. The zero-order chi connectivity index (χ0) is 15.2. The van der Waals surface area contributed by atoms with Crippen molar-refractivity contribution in [3.8, 4) is 17.6 Å². The van der Waals surface area contributed by atoms with Crippen molar-refractivity contribution in [3.05, 3.63) is 64.5 Å². The molecule has 0 amide bonds. The van der Waals surface area contributed by atoms with Crippen molar-refractivity contribution < 1.29 is 14.2 Å². The van der Waals surface area contributed by atoms with Gasteiger partial charge in [0.05, 0.1) is 5.56 Å². The van der Waals surface area contributed by atoms with Gasteiger partial charge in [-0.3, -0.25) is 0 Å². The van der Waals surface area contributed by atoms with Crippen molar-refractivity contribution in [1.82, 2.24) is 0 Å². The highest BCUT2D eigenvalue weighted by molar-refractivity contribution is 5.46. The molecule has 0 heterocycles. The van der Waals surface area contributed by atoms with E-state index >= 15 is 0 Å². The van der Waals surface area contributed by atoms with Crippen LogP contribution in [0.4, 0.5) is 4.39 Å². The average Bonchev–Trinajstić information content (AvgIpc) is 2.47. The third-order valence-corrected chi connectivity index (χ3v) is 3.21. The maximum absolute atomic E-state index is 13.3. The van der Waals surface area contributed by atoms with Crippen molar-refractivity contribution in [2.24, 2.45) is 0 Å². The van der Waals surface area contributed by atoms with Gasteiger partial charge in [0.1, 0.15) is 24.8 Å². The summed E-state index contributed by atoms with van der Waals surface area (Å²) in [4.78, 5) is 0. The van der Waals surface area contributed by atoms with E-state index in [1.165, 1.54) is 23.3 Å². The summed E-state index contributed by atoms with van der Waals surface area (Å²) >= 11 is 0. The van der Waals surface area contributed by atoms with E-state index in [2.05, 4.69) is 18.8 Å². The molecule has 2 rings (SSSR count). The Morgan fingerprint density at radius 2 is 1.90 bits per heavy atom. The van der Waals surface area contributed by atoms with Gasteiger partial charge in [-0.25, -0.2) is 4.39 Å². The highest BCUT2D eigenvalue weighted by Gasteiger charge is 2.05. The molecule has 0 saturated carbocycles. The average molecular weight is 284 g/mol. The van der Waals surface area contributed by atoms with E-state index in [9.17, 15) is 4.39 Å². The number of aliphatic hydroxyl groups is 1. The number of hydrogen-bond acceptors (Lipinski definition) is 2. The van der Waals surface area contributed by atoms with Gasteiger partial charge in [-0.15, -0.1) is 0 Å². The lowest BCUT2D eigenvalue weighted by atomic mass is 10.1. The second-order valence-corrected chi connectivity index (χ2v) is 4.81. The lowest BCUT2D eigenvalue weighted by Gasteiger charge is -2.10. The minimum atomic E-state index is -0.375. The van der Waals surface area contributed by atoms with Crippen LogP contribution >= 0.6 is 0 Å². The van der Waals surface area contributed by atoms with Gasteiger partial charge in [0, 0.05) is 6.07 Å². The summed E-state index contributed by atoms with van der Waals surface area (Å²) in [5.41, 5.74) is 3.99. The summed E-state index contributed by atoms with van der Waals surface area (Å²) in [7, 11) is 0. The molecule has 108 valence electrons. The summed E-state index contributed by atoms with van der Waals surface area (Å²) in [6, 6.07) is 10.3. The molecule has 0 aromatic heterocycles. The Balaban J connectivity index is 2.18. The number of aryl methyl sites for hydroxylation is 2. The Hall–Kier alpha value is -2.31. The molecule has 3 heteroatoms. The van der Waals surface area contributed by atoms with Crippen molar-refractivity contribution >= 4 is 0 Å². The zero-order valence-electron chi connectivity index (χ0n) is 12.1. The van der Waals surface area contributed by atoms with E-state index < -0.39 is 0 Å². The van der Waals surface area contributed by atoms with E-state index in [4.69, 9.17) is 9.84 Å². The summed E-state index contributed by atoms with van der Waals surface area (Å²) in [6.45, 7) is 4.20. The molecule has 0 bridgehead atoms. The highest BCUT2D eigenvalue weighted by atomic mass is 19.1. The normalized spacial score (nSPS) is 9.90. The Morgan fingerprint density at radius 3 is 2.62 bits per heavy atom. The molecule has 0 radical (unpaired) electrons. The third kappa shape index (κ3) is 4.08. The lowest BCUT2D eigenvalue weighted by molar-refractivity contribution is 0.303. The van der Waals surface area contributed by atoms with Gasteiger partial charge in [0.25, 0.3) is 0 Å². The fraction of sp³-hybridized carbons (Fsp3) is 0.222. The standard InChI is InChI=1S/C18H17FO2/c1-13-5-6-15(10-14(13)2)12-21-18-11-17(19)8-7-16(18)4-3-9-20/h5-8,10-11,20H,9,12H2,1-2H3. The zero-order valence-corrected chi connectivity index (χ0v) is 12.1. The molecule has 0 unspecified atom stereocenters. The molecular weight excluding hydrogens is 267 g/mol. The predicted octanol–water partition coefficient (Wildman–Crippen LogP) is 3.37. The fourth-order valence-electron chi connectivity index (χ4n) is 1.91. The van der Waals surface area contributed by atoms with Crippen LogP contribution < -0.4 is 4.74 Å². The largest absolute Gasteiger partial charge is 0.487 e. The molecule has 0 atom stereocenters. The van der Waals surface area contributed by atoms with Crippen molar-refractivity contribution in [2.45, 2.75) is 20.5 Å². The van der Waals surface area contributed by atoms with E-state index in [-0.39, 0.29) is 12.4 Å². The molecule has 21 heavy (non-hydrogen) atoms. The smallest absolute Gasteiger partial charge is 0.138 e. The maximum atomic E-state index is 13.3. The van der Waals surface area contributed by atoms with Crippen LogP contribution in [0.2, 0.25) is 0 Å². The van der Waals surface area contributed by atoms with Gasteiger partial charge < -0.3 is 9.84 Å². The van der Waals surface area contributed by atoms with Gasteiger partial charge in [-0.05, 0) is 42.7 Å². The molecule has 0 aliphatic heterocycles. The van der Waals surface area contributed by atoms with Crippen LogP contribution in [0.15, 0.2) is 36.4 Å². The topological polar surface area (TPSA) is 29.5 Å². The Kier molecular flexibility index (Phi) is 4.97. The molecule has 2 nitrogen and oxygen atoms in total. The summed E-state index contributed by atoms with van der Waals surface area (Å²) in [5.74, 6) is 5.31. The fourth-order valence-corrected chi connectivity index (χ4v) is 1.91. The Morgan fingerprint density at radius 1 is 1.10 bits per heavy atom. The minimum Gasteiger partial charge on any atom is -0.487 e. The van der Waals surface area contributed by atoms with Gasteiger partial charge >= 0.3 is 0 Å². The molecule has 0 spiro atoms. The second-order valence-electron chi connectivity index (χ2n) is 4.81. The van der Waals surface area contributed by atoms with E-state index in [1.807, 2.05) is 25.1 Å². The van der Waals surface area contributed by atoms with Crippen LogP contribution in [-0.2, 0) is 6.61 Å². The third-order valence-electron chi connectivity index (χ3n) is 3.21. The van der Waals surface area contributed by atoms with Crippen LogP contribution in [0.25, 0.3) is 0 Å². The monoisotopic (exact) mass is 284 g/mol. The van der Waals surface area contributed by atoms with Gasteiger partial charge in [0.2, 0.25) is 0 Å². The first-order valence-electron chi connectivity index (χ1n) is 6.68. The number of rotatable bonds is 3. The maximum Gasteiger partial charge on any atom is 0.138 e. The number of hydrogen-bond donors (Lipinski definition) is 1. The van der Waals surface area contributed by atoms with E-state index in [0.29, 0.717) is 17.9 Å².